The molecular weight excluding hydrogens is 342 g/mol. The molecule has 7 nitrogen and oxygen atoms in total. The molecule has 25 heavy (non-hydrogen) atoms. The summed E-state index contributed by atoms with van der Waals surface area (Å²) in [6.45, 7) is 0. The molecule has 0 aliphatic rings. The number of aliphatic carboxylic acids is 1. The smallest absolute Gasteiger partial charge is 0.328 e. The van der Waals surface area contributed by atoms with Gasteiger partial charge in [-0.3, -0.25) is 14.6 Å². The number of nitrogens with one attached hydrogen (secondary N) is 2. The van der Waals surface area contributed by atoms with E-state index in [4.69, 9.17) is 5.11 Å². The van der Waals surface area contributed by atoms with Gasteiger partial charge in [0.05, 0.1) is 5.75 Å². The summed E-state index contributed by atoms with van der Waals surface area (Å²) < 4.78 is 0. The van der Waals surface area contributed by atoms with Crippen molar-refractivity contribution >= 4 is 40.9 Å². The third-order valence-corrected chi connectivity index (χ3v) is 3.85. The van der Waals surface area contributed by atoms with E-state index in [1.54, 1.807) is 48.8 Å². The van der Waals surface area contributed by atoms with Gasteiger partial charge in [0, 0.05) is 40.8 Å². The van der Waals surface area contributed by atoms with Gasteiger partial charge in [-0.25, -0.2) is 4.79 Å². The van der Waals surface area contributed by atoms with E-state index in [0.717, 1.165) is 17.0 Å². The summed E-state index contributed by atoms with van der Waals surface area (Å²) in [5, 5.41) is 13.8. The van der Waals surface area contributed by atoms with Gasteiger partial charge in [-0.2, -0.15) is 0 Å². The normalized spacial score (nSPS) is 10.4. The van der Waals surface area contributed by atoms with Crippen LogP contribution in [0.3, 0.4) is 0 Å². The number of carboxylic acids is 1. The van der Waals surface area contributed by atoms with E-state index in [2.05, 4.69) is 15.6 Å². The van der Waals surface area contributed by atoms with Gasteiger partial charge in [0.2, 0.25) is 11.8 Å². The number of amides is 2. The summed E-state index contributed by atoms with van der Waals surface area (Å²) in [6, 6.07) is 10.3. The van der Waals surface area contributed by atoms with Gasteiger partial charge in [-0.1, -0.05) is 0 Å². The predicted octanol–water partition coefficient (Wildman–Crippen LogP) is 2.39. The Morgan fingerprint density at radius 2 is 1.60 bits per heavy atom. The predicted molar refractivity (Wildman–Crippen MR) is 95.4 cm³/mol. The first kappa shape index (κ1) is 18.2. The molecule has 8 heteroatoms. The van der Waals surface area contributed by atoms with Crippen LogP contribution in [0.1, 0.15) is 0 Å². The second kappa shape index (κ2) is 9.24. The largest absolute Gasteiger partial charge is 0.478 e. The summed E-state index contributed by atoms with van der Waals surface area (Å²) in [4.78, 5) is 38.4. The van der Waals surface area contributed by atoms with Crippen LogP contribution in [0, 0.1) is 0 Å². The SMILES string of the molecule is O=C(O)/C=C/C(=O)Nc1ccc(SCC(=O)Nc2ccncc2)cc1. The molecule has 0 aliphatic carbocycles. The average Bonchev–Trinajstić information content (AvgIpc) is 2.60. The third-order valence-electron chi connectivity index (χ3n) is 2.83. The number of rotatable bonds is 7. The zero-order chi connectivity index (χ0) is 18.1. The Balaban J connectivity index is 1.81. The van der Waals surface area contributed by atoms with Gasteiger partial charge < -0.3 is 15.7 Å². The highest BCUT2D eigenvalue weighted by atomic mass is 32.2. The molecule has 0 saturated carbocycles. The standard InChI is InChI=1S/C17H15N3O4S/c21-15(5-6-17(23)24)19-12-1-3-14(4-2-12)25-11-16(22)20-13-7-9-18-10-8-13/h1-10H,11H2,(H,19,21)(H,23,24)(H,18,20,22)/b6-5+. The molecule has 0 spiro atoms. The molecule has 1 heterocycles. The number of carbonyl (C=O) groups excluding carboxylic acids is 2. The number of anilines is 2. The third kappa shape index (κ3) is 6.88. The minimum Gasteiger partial charge on any atom is -0.478 e. The number of carboxylic acid groups (broad SMARTS) is 1. The Kier molecular flexibility index (Phi) is 6.73. The van der Waals surface area contributed by atoms with Gasteiger partial charge in [0.25, 0.3) is 0 Å². The average molecular weight is 357 g/mol. The fourth-order valence-corrected chi connectivity index (χ4v) is 2.45. The maximum absolute atomic E-state index is 11.9. The molecule has 0 radical (unpaired) electrons. The number of hydrogen-bond donors (Lipinski definition) is 3. The highest BCUT2D eigenvalue weighted by Crippen LogP contribution is 2.20. The summed E-state index contributed by atoms with van der Waals surface area (Å²) in [7, 11) is 0. The van der Waals surface area contributed by atoms with E-state index < -0.39 is 11.9 Å². The number of benzene rings is 1. The van der Waals surface area contributed by atoms with Crippen molar-refractivity contribution in [1.82, 2.24) is 4.98 Å². The molecule has 0 saturated heterocycles. The molecule has 2 aromatic rings. The lowest BCUT2D eigenvalue weighted by atomic mass is 10.3. The monoisotopic (exact) mass is 357 g/mol. The number of carbonyl (C=O) groups is 3. The summed E-state index contributed by atoms with van der Waals surface area (Å²) in [5.41, 5.74) is 1.22. The number of nitrogens with zero attached hydrogens (tertiary/aromatic N) is 1. The fraction of sp³-hybridized carbons (Fsp3) is 0.0588. The van der Waals surface area contributed by atoms with Crippen LogP contribution in [-0.4, -0.2) is 33.6 Å². The van der Waals surface area contributed by atoms with E-state index in [-0.39, 0.29) is 11.7 Å². The fourth-order valence-electron chi connectivity index (χ4n) is 1.75. The van der Waals surface area contributed by atoms with Crippen molar-refractivity contribution in [3.05, 3.63) is 60.9 Å². The molecule has 2 rings (SSSR count). The minimum atomic E-state index is -1.19. The topological polar surface area (TPSA) is 108 Å². The minimum absolute atomic E-state index is 0.132. The second-order valence-corrected chi connectivity index (χ2v) is 5.81. The van der Waals surface area contributed by atoms with Gasteiger partial charge in [-0.15, -0.1) is 11.8 Å². The van der Waals surface area contributed by atoms with E-state index in [9.17, 15) is 14.4 Å². The van der Waals surface area contributed by atoms with E-state index >= 15 is 0 Å². The number of thioether (sulfide) groups is 1. The first-order valence-electron chi connectivity index (χ1n) is 7.17. The maximum atomic E-state index is 11.9. The van der Waals surface area contributed by atoms with Crippen molar-refractivity contribution in [3.63, 3.8) is 0 Å². The summed E-state index contributed by atoms with van der Waals surface area (Å²) >= 11 is 1.36. The lowest BCUT2D eigenvalue weighted by Gasteiger charge is -2.06. The first-order valence-corrected chi connectivity index (χ1v) is 8.16. The van der Waals surface area contributed by atoms with Crippen LogP contribution in [0.15, 0.2) is 65.8 Å². The van der Waals surface area contributed by atoms with E-state index in [0.29, 0.717) is 11.4 Å². The molecule has 2 amide bonds. The Labute approximate surface area is 148 Å². The molecule has 0 bridgehead atoms. The lowest BCUT2D eigenvalue weighted by molar-refractivity contribution is -0.131. The first-order chi connectivity index (χ1) is 12.0. The van der Waals surface area contributed by atoms with Crippen LogP contribution in [0.2, 0.25) is 0 Å². The number of aromatic nitrogens is 1. The van der Waals surface area contributed by atoms with Gasteiger partial charge in [-0.05, 0) is 36.4 Å². The molecule has 0 aliphatic heterocycles. The molecular formula is C17H15N3O4S. The zero-order valence-corrected chi connectivity index (χ0v) is 13.8. The van der Waals surface area contributed by atoms with Crippen molar-refractivity contribution in [2.45, 2.75) is 4.90 Å². The molecule has 3 N–H and O–H groups in total. The molecule has 128 valence electrons. The van der Waals surface area contributed by atoms with E-state index in [1.807, 2.05) is 0 Å². The van der Waals surface area contributed by atoms with Crippen molar-refractivity contribution in [2.24, 2.45) is 0 Å². The molecule has 0 unspecified atom stereocenters. The molecule has 1 aromatic heterocycles. The van der Waals surface area contributed by atoms with Crippen molar-refractivity contribution in [1.29, 1.82) is 0 Å². The number of hydrogen-bond acceptors (Lipinski definition) is 5. The number of pyridine rings is 1. The van der Waals surface area contributed by atoms with Crippen molar-refractivity contribution in [2.75, 3.05) is 16.4 Å². The zero-order valence-electron chi connectivity index (χ0n) is 13.0. The van der Waals surface area contributed by atoms with Crippen LogP contribution in [0.5, 0.6) is 0 Å². The van der Waals surface area contributed by atoms with Crippen LogP contribution in [0.25, 0.3) is 0 Å². The Bertz CT molecular complexity index is 776. The van der Waals surface area contributed by atoms with Crippen molar-refractivity contribution < 1.29 is 19.5 Å². The summed E-state index contributed by atoms with van der Waals surface area (Å²) in [6.07, 6.45) is 4.90. The van der Waals surface area contributed by atoms with Gasteiger partial charge in [0.15, 0.2) is 0 Å². The molecule has 0 fully saturated rings. The maximum Gasteiger partial charge on any atom is 0.328 e. The van der Waals surface area contributed by atoms with Crippen LogP contribution in [-0.2, 0) is 14.4 Å². The highest BCUT2D eigenvalue weighted by Gasteiger charge is 2.04. The highest BCUT2D eigenvalue weighted by molar-refractivity contribution is 8.00. The van der Waals surface area contributed by atoms with Gasteiger partial charge >= 0.3 is 5.97 Å². The van der Waals surface area contributed by atoms with E-state index in [1.165, 1.54) is 11.8 Å². The molecule has 0 atom stereocenters. The quantitative estimate of drug-likeness (QED) is 0.519. The Morgan fingerprint density at radius 3 is 2.24 bits per heavy atom. The lowest BCUT2D eigenvalue weighted by Crippen LogP contribution is -2.13. The van der Waals surface area contributed by atoms with Gasteiger partial charge in [0.1, 0.15) is 0 Å². The van der Waals surface area contributed by atoms with Crippen LogP contribution < -0.4 is 10.6 Å². The van der Waals surface area contributed by atoms with Crippen LogP contribution in [0.4, 0.5) is 11.4 Å². The Morgan fingerprint density at radius 1 is 0.960 bits per heavy atom. The van der Waals surface area contributed by atoms with Crippen LogP contribution >= 0.6 is 11.8 Å². The second-order valence-electron chi connectivity index (χ2n) is 4.76. The summed E-state index contributed by atoms with van der Waals surface area (Å²) in [5.74, 6) is -1.60. The van der Waals surface area contributed by atoms with Crippen molar-refractivity contribution in [3.8, 4) is 0 Å². The Hall–Kier alpha value is -3.13. The molecule has 1 aromatic carbocycles.